The third-order valence-electron chi connectivity index (χ3n) is 4.96. The highest BCUT2D eigenvalue weighted by atomic mass is 35.5. The van der Waals surface area contributed by atoms with E-state index in [0.29, 0.717) is 5.02 Å². The molecule has 1 N–H and O–H groups in total. The van der Waals surface area contributed by atoms with E-state index in [1.54, 1.807) is 0 Å². The molecule has 1 aliphatic rings. The molecule has 0 amide bonds. The second kappa shape index (κ2) is 6.92. The van der Waals surface area contributed by atoms with Gasteiger partial charge in [-0.1, -0.05) is 54.1 Å². The summed E-state index contributed by atoms with van der Waals surface area (Å²) in [5, 5.41) is 3.92. The number of carbonyl (C=O) groups excluding carboxylic acids is 1. The number of carbonyl (C=O) groups is 1. The monoisotopic (exact) mass is 339 g/mol. The van der Waals surface area contributed by atoms with E-state index in [-0.39, 0.29) is 5.78 Å². The first kappa shape index (κ1) is 16.9. The van der Waals surface area contributed by atoms with E-state index in [0.717, 1.165) is 36.0 Å². The molecule has 0 heterocycles. The van der Waals surface area contributed by atoms with Crippen molar-refractivity contribution in [2.45, 2.75) is 31.7 Å². The molecule has 0 spiro atoms. The maximum Gasteiger partial charge on any atom is 0.183 e. The van der Waals surface area contributed by atoms with Crippen LogP contribution in [-0.2, 0) is 10.3 Å². The smallest absolute Gasteiger partial charge is 0.183 e. The number of aryl methyl sites for hydroxylation is 1. The van der Waals surface area contributed by atoms with Gasteiger partial charge in [0.05, 0.1) is 0 Å². The fourth-order valence-corrected chi connectivity index (χ4v) is 3.85. The Morgan fingerprint density at radius 1 is 1.12 bits per heavy atom. The van der Waals surface area contributed by atoms with Crippen molar-refractivity contribution in [3.63, 3.8) is 0 Å². The molecule has 24 heavy (non-hydrogen) atoms. The lowest BCUT2D eigenvalue weighted by molar-refractivity contribution is -0.123. The first-order valence-electron chi connectivity index (χ1n) is 8.33. The number of likely N-dealkylation sites (N-methyl/N-ethyl adjacent to an activating group) is 1. The Morgan fingerprint density at radius 3 is 2.54 bits per heavy atom. The van der Waals surface area contributed by atoms with Crippen LogP contribution in [-0.4, -0.2) is 12.8 Å². The molecule has 2 nitrogen and oxygen atoms in total. The lowest BCUT2D eigenvalue weighted by atomic mass is 9.73. The minimum atomic E-state index is -0.731. The SMILES string of the molecule is CNC1(c2ccccc2Cl)CCC/C(=C\c2ccccc2C)C1=O. The zero-order valence-electron chi connectivity index (χ0n) is 14.1. The van der Waals surface area contributed by atoms with Crippen LogP contribution in [0.4, 0.5) is 0 Å². The summed E-state index contributed by atoms with van der Waals surface area (Å²) in [6.45, 7) is 2.07. The highest BCUT2D eigenvalue weighted by molar-refractivity contribution is 6.32. The van der Waals surface area contributed by atoms with Crippen molar-refractivity contribution in [1.82, 2.24) is 5.32 Å². The number of nitrogens with one attached hydrogen (secondary N) is 1. The highest BCUT2D eigenvalue weighted by Gasteiger charge is 2.43. The number of hydrogen-bond acceptors (Lipinski definition) is 2. The van der Waals surface area contributed by atoms with Gasteiger partial charge in [-0.05, 0) is 67.6 Å². The van der Waals surface area contributed by atoms with Gasteiger partial charge in [0.1, 0.15) is 5.54 Å². The molecule has 3 heteroatoms. The van der Waals surface area contributed by atoms with E-state index < -0.39 is 5.54 Å². The summed E-state index contributed by atoms with van der Waals surface area (Å²) in [6.07, 6.45) is 4.56. The fourth-order valence-electron chi connectivity index (χ4n) is 3.56. The molecule has 0 saturated heterocycles. The fraction of sp³-hybridized carbons (Fsp3) is 0.286. The van der Waals surface area contributed by atoms with Gasteiger partial charge in [-0.25, -0.2) is 0 Å². The second-order valence-electron chi connectivity index (χ2n) is 6.34. The van der Waals surface area contributed by atoms with E-state index in [1.165, 1.54) is 5.56 Å². The summed E-state index contributed by atoms with van der Waals surface area (Å²) in [6, 6.07) is 15.8. The van der Waals surface area contributed by atoms with Gasteiger partial charge < -0.3 is 5.32 Å². The van der Waals surface area contributed by atoms with Gasteiger partial charge in [-0.15, -0.1) is 0 Å². The maximum atomic E-state index is 13.4. The second-order valence-corrected chi connectivity index (χ2v) is 6.75. The van der Waals surface area contributed by atoms with Crippen LogP contribution in [0.15, 0.2) is 54.1 Å². The molecular weight excluding hydrogens is 318 g/mol. The lowest BCUT2D eigenvalue weighted by Gasteiger charge is -2.37. The van der Waals surface area contributed by atoms with Gasteiger partial charge >= 0.3 is 0 Å². The predicted molar refractivity (Wildman–Crippen MR) is 100 cm³/mol. The number of halogens is 1. The molecular formula is C21H22ClNO. The molecule has 1 atom stereocenters. The van der Waals surface area contributed by atoms with Crippen LogP contribution in [0.5, 0.6) is 0 Å². The first-order chi connectivity index (χ1) is 11.6. The third kappa shape index (κ3) is 2.92. The Kier molecular flexibility index (Phi) is 4.88. The topological polar surface area (TPSA) is 29.1 Å². The number of rotatable bonds is 3. The predicted octanol–water partition coefficient (Wildman–Crippen LogP) is 4.90. The van der Waals surface area contributed by atoms with Crippen molar-refractivity contribution in [1.29, 1.82) is 0 Å². The molecule has 2 aromatic rings. The van der Waals surface area contributed by atoms with Crippen molar-refractivity contribution in [3.8, 4) is 0 Å². The third-order valence-corrected chi connectivity index (χ3v) is 5.29. The van der Waals surface area contributed by atoms with E-state index in [9.17, 15) is 4.79 Å². The summed E-state index contributed by atoms with van der Waals surface area (Å²) in [5.74, 6) is 0.132. The molecule has 1 fully saturated rings. The van der Waals surface area contributed by atoms with Crippen LogP contribution in [0.2, 0.25) is 5.02 Å². The molecule has 0 radical (unpaired) electrons. The zero-order chi connectivity index (χ0) is 17.2. The molecule has 124 valence electrons. The molecule has 2 aromatic carbocycles. The summed E-state index contributed by atoms with van der Waals surface area (Å²) < 4.78 is 0. The Balaban J connectivity index is 2.06. The van der Waals surface area contributed by atoms with E-state index in [2.05, 4.69) is 24.4 Å². The van der Waals surface area contributed by atoms with E-state index >= 15 is 0 Å². The van der Waals surface area contributed by atoms with Gasteiger partial charge in [0.15, 0.2) is 5.78 Å². The van der Waals surface area contributed by atoms with Gasteiger partial charge in [0, 0.05) is 5.02 Å². The molecule has 3 rings (SSSR count). The number of Topliss-reactive ketones (excluding diaryl/α,β-unsaturated/α-hetero) is 1. The maximum absolute atomic E-state index is 13.4. The number of hydrogen-bond donors (Lipinski definition) is 1. The van der Waals surface area contributed by atoms with Gasteiger partial charge in [0.25, 0.3) is 0 Å². The summed E-state index contributed by atoms with van der Waals surface area (Å²) in [7, 11) is 1.85. The molecule has 1 aliphatic carbocycles. The summed E-state index contributed by atoms with van der Waals surface area (Å²) in [5.41, 5.74) is 3.29. The molecule has 0 bridgehead atoms. The first-order valence-corrected chi connectivity index (χ1v) is 8.71. The van der Waals surface area contributed by atoms with E-state index in [1.807, 2.05) is 49.5 Å². The van der Waals surface area contributed by atoms with E-state index in [4.69, 9.17) is 11.6 Å². The van der Waals surface area contributed by atoms with Crippen molar-refractivity contribution in [3.05, 3.63) is 75.8 Å². The Labute approximate surface area is 148 Å². The zero-order valence-corrected chi connectivity index (χ0v) is 14.9. The van der Waals surface area contributed by atoms with Gasteiger partial charge in [0.2, 0.25) is 0 Å². The lowest BCUT2D eigenvalue weighted by Crippen LogP contribution is -2.50. The van der Waals surface area contributed by atoms with Crippen molar-refractivity contribution in [2.75, 3.05) is 7.05 Å². The van der Waals surface area contributed by atoms with Crippen molar-refractivity contribution < 1.29 is 4.79 Å². The van der Waals surface area contributed by atoms with Crippen LogP contribution in [0.1, 0.15) is 36.0 Å². The largest absolute Gasteiger partial charge is 0.304 e. The quantitative estimate of drug-likeness (QED) is 0.806. The highest BCUT2D eigenvalue weighted by Crippen LogP contribution is 2.40. The minimum Gasteiger partial charge on any atom is -0.304 e. The van der Waals surface area contributed by atoms with Crippen molar-refractivity contribution in [2.24, 2.45) is 0 Å². The van der Waals surface area contributed by atoms with Crippen LogP contribution in [0.3, 0.4) is 0 Å². The number of benzene rings is 2. The van der Waals surface area contributed by atoms with Crippen LogP contribution in [0, 0.1) is 6.92 Å². The van der Waals surface area contributed by atoms with Crippen LogP contribution < -0.4 is 5.32 Å². The normalized spacial score (nSPS) is 22.8. The Morgan fingerprint density at radius 2 is 1.83 bits per heavy atom. The average Bonchev–Trinajstić information content (AvgIpc) is 2.60. The Hall–Kier alpha value is -1.90. The summed E-state index contributed by atoms with van der Waals surface area (Å²) >= 11 is 6.41. The molecule has 0 aromatic heterocycles. The molecule has 1 unspecified atom stereocenters. The van der Waals surface area contributed by atoms with Crippen LogP contribution >= 0.6 is 11.6 Å². The van der Waals surface area contributed by atoms with Crippen LogP contribution in [0.25, 0.3) is 6.08 Å². The molecule has 1 saturated carbocycles. The Bertz CT molecular complexity index is 796. The van der Waals surface area contributed by atoms with Gasteiger partial charge in [-0.3, -0.25) is 4.79 Å². The summed E-state index contributed by atoms with van der Waals surface area (Å²) in [4.78, 5) is 13.4. The standard InChI is InChI=1S/C21H22ClNO/c1-15-8-3-4-9-16(15)14-17-10-7-13-21(23-2,20(17)24)18-11-5-6-12-19(18)22/h3-6,8-9,11-12,14,23H,7,10,13H2,1-2H3/b17-14+. The number of ketones is 1. The average molecular weight is 340 g/mol. The van der Waals surface area contributed by atoms with Gasteiger partial charge in [-0.2, -0.15) is 0 Å². The minimum absolute atomic E-state index is 0.132. The van der Waals surface area contributed by atoms with Crippen molar-refractivity contribution >= 4 is 23.5 Å². The molecule has 0 aliphatic heterocycles.